The molecule has 0 fully saturated rings. The maximum Gasteiger partial charge on any atom is 0.273 e. The van der Waals surface area contributed by atoms with Gasteiger partial charge >= 0.3 is 0 Å². The second-order valence-corrected chi connectivity index (χ2v) is 5.93. The molecule has 126 valence electrons. The average molecular weight is 329 g/mol. The number of hydrogen-bond donors (Lipinski definition) is 3. The predicted octanol–water partition coefficient (Wildman–Crippen LogP) is -0.191. The van der Waals surface area contributed by atoms with Crippen molar-refractivity contribution >= 4 is 17.5 Å². The number of amides is 2. The van der Waals surface area contributed by atoms with E-state index in [1.54, 1.807) is 7.05 Å². The first-order chi connectivity index (χ1) is 11.4. The molecule has 24 heavy (non-hydrogen) atoms. The molecular formula is C16H19N5O3. The number of aryl methyl sites for hydroxylation is 1. The van der Waals surface area contributed by atoms with Crippen LogP contribution in [-0.2, 0) is 24.8 Å². The molecule has 1 aromatic heterocycles. The minimum Gasteiger partial charge on any atom is -0.369 e. The summed E-state index contributed by atoms with van der Waals surface area (Å²) in [5.41, 5.74) is 8.08. The van der Waals surface area contributed by atoms with Crippen LogP contribution in [-0.4, -0.2) is 39.6 Å². The summed E-state index contributed by atoms with van der Waals surface area (Å²) in [7, 11) is 1.55. The van der Waals surface area contributed by atoms with E-state index in [-0.39, 0.29) is 29.6 Å². The Kier molecular flexibility index (Phi) is 4.22. The average Bonchev–Trinajstić information content (AvgIpc) is 2.86. The summed E-state index contributed by atoms with van der Waals surface area (Å²) < 4.78 is 1.24. The number of hydrogen-bond acceptors (Lipinski definition) is 4. The first-order valence-electron chi connectivity index (χ1n) is 7.62. The highest BCUT2D eigenvalue weighted by Crippen LogP contribution is 2.22. The number of anilines is 1. The van der Waals surface area contributed by atoms with Crippen LogP contribution >= 0.6 is 0 Å². The molecule has 1 aromatic carbocycles. The Balaban J connectivity index is 1.75. The number of primary amides is 1. The van der Waals surface area contributed by atoms with Crippen LogP contribution in [0, 0.1) is 0 Å². The van der Waals surface area contributed by atoms with Gasteiger partial charge in [-0.2, -0.15) is 0 Å². The number of aromatic nitrogens is 2. The van der Waals surface area contributed by atoms with E-state index in [9.17, 15) is 14.4 Å². The van der Waals surface area contributed by atoms with Crippen molar-refractivity contribution in [3.8, 4) is 0 Å². The number of aromatic amines is 1. The highest BCUT2D eigenvalue weighted by Gasteiger charge is 2.18. The normalized spacial score (nSPS) is 14.2. The van der Waals surface area contributed by atoms with Gasteiger partial charge < -0.3 is 11.1 Å². The van der Waals surface area contributed by atoms with Gasteiger partial charge in [0.2, 0.25) is 5.91 Å². The molecule has 3 rings (SSSR count). The summed E-state index contributed by atoms with van der Waals surface area (Å²) >= 11 is 0. The van der Waals surface area contributed by atoms with Gasteiger partial charge in [0.1, 0.15) is 5.69 Å². The molecule has 2 heterocycles. The Hall–Kier alpha value is -2.87. The number of benzene rings is 1. The molecule has 0 spiro atoms. The first kappa shape index (κ1) is 16.0. The summed E-state index contributed by atoms with van der Waals surface area (Å²) in [5, 5.41) is 5.46. The fourth-order valence-corrected chi connectivity index (χ4v) is 2.85. The van der Waals surface area contributed by atoms with E-state index in [1.165, 1.54) is 16.3 Å². The van der Waals surface area contributed by atoms with Crippen LogP contribution in [0.25, 0.3) is 0 Å². The van der Waals surface area contributed by atoms with Crippen LogP contribution in [0.5, 0.6) is 0 Å². The smallest absolute Gasteiger partial charge is 0.273 e. The predicted molar refractivity (Wildman–Crippen MR) is 88.6 cm³/mol. The molecule has 8 heteroatoms. The second-order valence-electron chi connectivity index (χ2n) is 5.93. The third-order valence-corrected chi connectivity index (χ3v) is 4.07. The van der Waals surface area contributed by atoms with Crippen LogP contribution < -0.4 is 16.6 Å². The van der Waals surface area contributed by atoms with E-state index >= 15 is 0 Å². The molecule has 2 aromatic rings. The Labute approximate surface area is 138 Å². The highest BCUT2D eigenvalue weighted by atomic mass is 16.2. The van der Waals surface area contributed by atoms with Crippen molar-refractivity contribution in [2.75, 3.05) is 18.4 Å². The molecule has 0 saturated heterocycles. The van der Waals surface area contributed by atoms with Gasteiger partial charge in [-0.3, -0.25) is 29.1 Å². The molecular weight excluding hydrogens is 310 g/mol. The monoisotopic (exact) mass is 329 g/mol. The summed E-state index contributed by atoms with van der Waals surface area (Å²) in [6, 6.07) is 6.95. The van der Waals surface area contributed by atoms with Crippen LogP contribution in [0.3, 0.4) is 0 Å². The number of nitrogens with one attached hydrogen (secondary N) is 2. The van der Waals surface area contributed by atoms with Crippen LogP contribution in [0.15, 0.2) is 29.1 Å². The first-order valence-corrected chi connectivity index (χ1v) is 7.62. The van der Waals surface area contributed by atoms with E-state index in [4.69, 9.17) is 5.73 Å². The van der Waals surface area contributed by atoms with Crippen molar-refractivity contribution in [2.24, 2.45) is 12.8 Å². The summed E-state index contributed by atoms with van der Waals surface area (Å²) in [6.07, 6.45) is 0.836. The van der Waals surface area contributed by atoms with Crippen molar-refractivity contribution < 1.29 is 9.59 Å². The lowest BCUT2D eigenvalue weighted by Crippen LogP contribution is -2.37. The van der Waals surface area contributed by atoms with Gasteiger partial charge in [-0.25, -0.2) is 0 Å². The molecule has 0 bridgehead atoms. The number of fused-ring (bicyclic) bond motifs is 1. The molecule has 0 radical (unpaired) electrons. The minimum absolute atomic E-state index is 0.204. The minimum atomic E-state index is -0.377. The topological polar surface area (TPSA) is 113 Å². The molecule has 0 atom stereocenters. The molecule has 0 unspecified atom stereocenters. The van der Waals surface area contributed by atoms with E-state index in [0.717, 1.165) is 18.5 Å². The number of carbonyl (C=O) groups is 2. The van der Waals surface area contributed by atoms with Crippen LogP contribution in [0.1, 0.15) is 21.6 Å². The lowest BCUT2D eigenvalue weighted by atomic mass is 9.99. The summed E-state index contributed by atoms with van der Waals surface area (Å²) in [4.78, 5) is 36.7. The number of nitrogens with zero attached hydrogens (tertiary/aromatic N) is 2. The van der Waals surface area contributed by atoms with Gasteiger partial charge in [-0.1, -0.05) is 6.07 Å². The molecule has 2 amide bonds. The van der Waals surface area contributed by atoms with Gasteiger partial charge in [0.05, 0.1) is 6.54 Å². The lowest BCUT2D eigenvalue weighted by Gasteiger charge is -2.28. The largest absolute Gasteiger partial charge is 0.369 e. The molecule has 1 aliphatic rings. The fourth-order valence-electron chi connectivity index (χ4n) is 2.85. The zero-order valence-corrected chi connectivity index (χ0v) is 13.3. The molecule has 1 aliphatic heterocycles. The van der Waals surface area contributed by atoms with Crippen molar-refractivity contribution in [1.82, 2.24) is 14.7 Å². The fraction of sp³-hybridized carbons (Fsp3) is 0.312. The standard InChI is InChI=1S/C16H19N5O3/c1-20-15(23)7-13(19-20)16(24)18-12-3-2-10-4-5-21(9-14(17)22)8-11(10)6-12/h2-3,6-7,19H,4-5,8-9H2,1H3,(H2,17,22)(H,18,24). The molecule has 4 N–H and O–H groups in total. The van der Waals surface area contributed by atoms with Crippen molar-refractivity contribution in [2.45, 2.75) is 13.0 Å². The maximum atomic E-state index is 12.2. The van der Waals surface area contributed by atoms with Gasteiger partial charge in [0.25, 0.3) is 11.5 Å². The van der Waals surface area contributed by atoms with E-state index in [2.05, 4.69) is 10.4 Å². The third-order valence-electron chi connectivity index (χ3n) is 4.07. The number of nitrogens with two attached hydrogens (primary N) is 1. The number of H-pyrrole nitrogens is 1. The van der Waals surface area contributed by atoms with Crippen molar-refractivity contribution in [3.05, 3.63) is 51.4 Å². The summed E-state index contributed by atoms with van der Waals surface area (Å²) in [6.45, 7) is 1.62. The van der Waals surface area contributed by atoms with E-state index in [1.807, 2.05) is 23.1 Å². The molecule has 0 aliphatic carbocycles. The molecule has 8 nitrogen and oxygen atoms in total. The zero-order valence-electron chi connectivity index (χ0n) is 13.3. The van der Waals surface area contributed by atoms with Crippen molar-refractivity contribution in [1.29, 1.82) is 0 Å². The second kappa shape index (κ2) is 6.32. The lowest BCUT2D eigenvalue weighted by molar-refractivity contribution is -0.119. The van der Waals surface area contributed by atoms with Gasteiger partial charge in [0.15, 0.2) is 0 Å². The van der Waals surface area contributed by atoms with Crippen molar-refractivity contribution in [3.63, 3.8) is 0 Å². The van der Waals surface area contributed by atoms with E-state index in [0.29, 0.717) is 12.2 Å². The Morgan fingerprint density at radius 2 is 2.08 bits per heavy atom. The quantitative estimate of drug-likeness (QED) is 0.721. The van der Waals surface area contributed by atoms with Gasteiger partial charge in [-0.05, 0) is 29.7 Å². The Morgan fingerprint density at radius 3 is 2.75 bits per heavy atom. The van der Waals surface area contributed by atoms with Gasteiger partial charge in [-0.15, -0.1) is 0 Å². The SMILES string of the molecule is Cn1[nH]c(C(=O)Nc2ccc3c(c2)CN(CC(N)=O)CC3)cc1=O. The Bertz CT molecular complexity index is 852. The van der Waals surface area contributed by atoms with E-state index < -0.39 is 0 Å². The van der Waals surface area contributed by atoms with Crippen LogP contribution in [0.2, 0.25) is 0 Å². The molecule has 0 saturated carbocycles. The Morgan fingerprint density at radius 1 is 1.29 bits per heavy atom. The third kappa shape index (κ3) is 3.38. The van der Waals surface area contributed by atoms with Crippen LogP contribution in [0.4, 0.5) is 5.69 Å². The number of carbonyl (C=O) groups excluding carboxylic acids is 2. The highest BCUT2D eigenvalue weighted by molar-refractivity contribution is 6.02. The zero-order chi connectivity index (χ0) is 17.3. The maximum absolute atomic E-state index is 12.2. The van der Waals surface area contributed by atoms with Gasteiger partial charge in [0, 0.05) is 31.9 Å². The number of rotatable bonds is 4. The summed E-state index contributed by atoms with van der Waals surface area (Å²) in [5.74, 6) is -0.728.